The zero-order valence-corrected chi connectivity index (χ0v) is 12.2. The van der Waals surface area contributed by atoms with Crippen molar-refractivity contribution >= 4 is 5.69 Å². The van der Waals surface area contributed by atoms with Crippen LogP contribution in [-0.4, -0.2) is 19.3 Å². The lowest BCUT2D eigenvalue weighted by atomic mass is 10.1. The number of fused-ring (bicyclic) bond motifs is 1. The normalized spacial score (nSPS) is 16.4. The Labute approximate surface area is 124 Å². The fourth-order valence-electron chi connectivity index (χ4n) is 2.85. The quantitative estimate of drug-likeness (QED) is 0.902. The molecule has 0 amide bonds. The van der Waals surface area contributed by atoms with Gasteiger partial charge >= 0.3 is 0 Å². The first-order chi connectivity index (χ1) is 10.2. The van der Waals surface area contributed by atoms with Crippen LogP contribution in [0.1, 0.15) is 23.6 Å². The van der Waals surface area contributed by atoms with Crippen LogP contribution in [0.15, 0.2) is 36.4 Å². The number of hydrogen-bond donors (Lipinski definition) is 2. The van der Waals surface area contributed by atoms with Crippen LogP contribution < -0.4 is 14.8 Å². The van der Waals surface area contributed by atoms with Gasteiger partial charge in [0.25, 0.3) is 0 Å². The summed E-state index contributed by atoms with van der Waals surface area (Å²) in [7, 11) is 3.29. The minimum atomic E-state index is 0.248. The summed E-state index contributed by atoms with van der Waals surface area (Å²) in [6, 6.07) is 11.6. The second kappa shape index (κ2) is 5.56. The number of aryl methyl sites for hydroxylation is 1. The molecule has 0 aromatic heterocycles. The predicted molar refractivity (Wildman–Crippen MR) is 82.3 cm³/mol. The van der Waals surface area contributed by atoms with Crippen molar-refractivity contribution in [2.24, 2.45) is 0 Å². The molecule has 0 saturated heterocycles. The van der Waals surface area contributed by atoms with Crippen molar-refractivity contribution < 1.29 is 14.6 Å². The van der Waals surface area contributed by atoms with Gasteiger partial charge in [-0.05, 0) is 36.1 Å². The second-order valence-corrected chi connectivity index (χ2v) is 5.22. The fourth-order valence-corrected chi connectivity index (χ4v) is 2.85. The van der Waals surface area contributed by atoms with E-state index in [0.717, 1.165) is 30.0 Å². The molecule has 0 aliphatic heterocycles. The summed E-state index contributed by atoms with van der Waals surface area (Å²) in [6.45, 7) is 0. The Morgan fingerprint density at radius 3 is 2.43 bits per heavy atom. The highest BCUT2D eigenvalue weighted by Crippen LogP contribution is 2.37. The van der Waals surface area contributed by atoms with Gasteiger partial charge in [-0.3, -0.25) is 0 Å². The predicted octanol–water partition coefficient (Wildman–Crippen LogP) is 3.51. The Balaban J connectivity index is 1.85. The van der Waals surface area contributed by atoms with Gasteiger partial charge in [0.15, 0.2) is 0 Å². The average Bonchev–Trinajstić information content (AvgIpc) is 2.88. The van der Waals surface area contributed by atoms with Crippen molar-refractivity contribution in [1.82, 2.24) is 0 Å². The van der Waals surface area contributed by atoms with Gasteiger partial charge in [0.1, 0.15) is 17.2 Å². The van der Waals surface area contributed by atoms with Gasteiger partial charge in [-0.15, -0.1) is 0 Å². The molecule has 1 unspecified atom stereocenters. The number of rotatable bonds is 4. The van der Waals surface area contributed by atoms with E-state index in [-0.39, 0.29) is 6.04 Å². The molecule has 0 fully saturated rings. The van der Waals surface area contributed by atoms with Crippen molar-refractivity contribution in [3.8, 4) is 17.2 Å². The molecule has 1 aliphatic carbocycles. The van der Waals surface area contributed by atoms with Crippen molar-refractivity contribution in [2.45, 2.75) is 18.9 Å². The third-order valence-electron chi connectivity index (χ3n) is 3.90. The van der Waals surface area contributed by atoms with Crippen LogP contribution in [0.3, 0.4) is 0 Å². The first-order valence-corrected chi connectivity index (χ1v) is 7.01. The largest absolute Gasteiger partial charge is 0.508 e. The lowest BCUT2D eigenvalue weighted by Gasteiger charge is -2.17. The molecular weight excluding hydrogens is 266 g/mol. The Bertz CT molecular complexity index is 632. The molecule has 0 saturated carbocycles. The Morgan fingerprint density at radius 1 is 1.05 bits per heavy atom. The Kier molecular flexibility index (Phi) is 3.60. The van der Waals surface area contributed by atoms with Crippen LogP contribution in [-0.2, 0) is 6.42 Å². The first kappa shape index (κ1) is 13.6. The molecule has 1 atom stereocenters. The zero-order valence-electron chi connectivity index (χ0n) is 12.2. The van der Waals surface area contributed by atoms with Crippen LogP contribution in [0.25, 0.3) is 0 Å². The number of hydrogen-bond acceptors (Lipinski definition) is 4. The van der Waals surface area contributed by atoms with Crippen molar-refractivity contribution in [2.75, 3.05) is 19.5 Å². The van der Waals surface area contributed by atoms with Gasteiger partial charge in [-0.1, -0.05) is 6.07 Å². The SMILES string of the molecule is COc1cc(NC2CCc3cc(O)ccc32)cc(OC)c1. The van der Waals surface area contributed by atoms with E-state index in [1.54, 1.807) is 20.3 Å². The number of methoxy groups -OCH3 is 2. The molecule has 0 spiro atoms. The van der Waals surface area contributed by atoms with Crippen LogP contribution in [0, 0.1) is 0 Å². The number of aromatic hydroxyl groups is 1. The molecule has 21 heavy (non-hydrogen) atoms. The summed E-state index contributed by atoms with van der Waals surface area (Å²) in [4.78, 5) is 0. The summed E-state index contributed by atoms with van der Waals surface area (Å²) < 4.78 is 10.6. The molecule has 0 radical (unpaired) electrons. The summed E-state index contributed by atoms with van der Waals surface area (Å²) in [5.41, 5.74) is 3.43. The Morgan fingerprint density at radius 2 is 1.76 bits per heavy atom. The first-order valence-electron chi connectivity index (χ1n) is 7.01. The molecule has 3 rings (SSSR count). The third kappa shape index (κ3) is 2.75. The zero-order chi connectivity index (χ0) is 14.8. The van der Waals surface area contributed by atoms with E-state index in [9.17, 15) is 5.11 Å². The second-order valence-electron chi connectivity index (χ2n) is 5.22. The minimum Gasteiger partial charge on any atom is -0.508 e. The highest BCUT2D eigenvalue weighted by atomic mass is 16.5. The van der Waals surface area contributed by atoms with Gasteiger partial charge in [0, 0.05) is 23.9 Å². The van der Waals surface area contributed by atoms with Gasteiger partial charge in [0.05, 0.1) is 20.3 Å². The number of nitrogens with one attached hydrogen (secondary N) is 1. The number of ether oxygens (including phenoxy) is 2. The van der Waals surface area contributed by atoms with E-state index < -0.39 is 0 Å². The number of phenolic OH excluding ortho intramolecular Hbond substituents is 1. The van der Waals surface area contributed by atoms with E-state index in [1.807, 2.05) is 30.3 Å². The molecule has 0 heterocycles. The minimum absolute atomic E-state index is 0.248. The van der Waals surface area contributed by atoms with Gasteiger partial charge in [-0.25, -0.2) is 0 Å². The third-order valence-corrected chi connectivity index (χ3v) is 3.90. The van der Waals surface area contributed by atoms with Gasteiger partial charge in [-0.2, -0.15) is 0 Å². The van der Waals surface area contributed by atoms with E-state index in [2.05, 4.69) is 5.32 Å². The monoisotopic (exact) mass is 285 g/mol. The topological polar surface area (TPSA) is 50.7 Å². The van der Waals surface area contributed by atoms with Crippen LogP contribution >= 0.6 is 0 Å². The number of phenols is 1. The molecule has 0 bridgehead atoms. The molecule has 2 N–H and O–H groups in total. The maximum absolute atomic E-state index is 9.56. The number of benzene rings is 2. The van der Waals surface area contributed by atoms with Crippen LogP contribution in [0.2, 0.25) is 0 Å². The van der Waals surface area contributed by atoms with Gasteiger partial charge in [0.2, 0.25) is 0 Å². The molecule has 1 aliphatic rings. The van der Waals surface area contributed by atoms with Crippen molar-refractivity contribution in [1.29, 1.82) is 0 Å². The standard InChI is InChI=1S/C17H19NO3/c1-20-14-8-12(9-15(10-14)21-2)18-17-6-3-11-7-13(19)4-5-16(11)17/h4-5,7-10,17-19H,3,6H2,1-2H3. The summed E-state index contributed by atoms with van der Waals surface area (Å²) >= 11 is 0. The highest BCUT2D eigenvalue weighted by molar-refractivity contribution is 5.56. The number of anilines is 1. The highest BCUT2D eigenvalue weighted by Gasteiger charge is 2.22. The van der Waals surface area contributed by atoms with Crippen LogP contribution in [0.4, 0.5) is 5.69 Å². The van der Waals surface area contributed by atoms with Crippen molar-refractivity contribution in [3.63, 3.8) is 0 Å². The van der Waals surface area contributed by atoms with E-state index in [0.29, 0.717) is 5.75 Å². The Hall–Kier alpha value is -2.36. The smallest absolute Gasteiger partial charge is 0.124 e. The van der Waals surface area contributed by atoms with Crippen molar-refractivity contribution in [3.05, 3.63) is 47.5 Å². The fraction of sp³-hybridized carbons (Fsp3) is 0.294. The lowest BCUT2D eigenvalue weighted by Crippen LogP contribution is -2.07. The summed E-state index contributed by atoms with van der Waals surface area (Å²) in [5.74, 6) is 1.86. The molecule has 4 heteroatoms. The van der Waals surface area contributed by atoms with Gasteiger partial charge < -0.3 is 19.9 Å². The molecule has 2 aromatic carbocycles. The summed E-state index contributed by atoms with van der Waals surface area (Å²) in [5, 5.41) is 13.1. The van der Waals surface area contributed by atoms with E-state index >= 15 is 0 Å². The van der Waals surface area contributed by atoms with Crippen LogP contribution in [0.5, 0.6) is 17.2 Å². The van der Waals surface area contributed by atoms with E-state index in [1.165, 1.54) is 11.1 Å². The molecule has 4 nitrogen and oxygen atoms in total. The summed E-state index contributed by atoms with van der Waals surface area (Å²) in [6.07, 6.45) is 1.99. The molecular formula is C17H19NO3. The maximum Gasteiger partial charge on any atom is 0.124 e. The van der Waals surface area contributed by atoms with E-state index in [4.69, 9.17) is 9.47 Å². The molecule has 2 aromatic rings. The molecule has 110 valence electrons. The maximum atomic E-state index is 9.56. The lowest BCUT2D eigenvalue weighted by molar-refractivity contribution is 0.394. The average molecular weight is 285 g/mol.